The van der Waals surface area contributed by atoms with Gasteiger partial charge in [0.2, 0.25) is 5.91 Å². The predicted molar refractivity (Wildman–Crippen MR) is 132 cm³/mol. The van der Waals surface area contributed by atoms with E-state index >= 15 is 0 Å². The lowest BCUT2D eigenvalue weighted by Crippen LogP contribution is -2.43. The molecular weight excluding hydrogens is 459 g/mol. The zero-order valence-electron chi connectivity index (χ0n) is 19.1. The summed E-state index contributed by atoms with van der Waals surface area (Å²) in [7, 11) is 0. The minimum Gasteiger partial charge on any atom is -0.332 e. The van der Waals surface area contributed by atoms with Gasteiger partial charge in [0.15, 0.2) is 0 Å². The smallest absolute Gasteiger partial charge is 0.254 e. The van der Waals surface area contributed by atoms with Gasteiger partial charge >= 0.3 is 0 Å². The summed E-state index contributed by atoms with van der Waals surface area (Å²) in [5, 5.41) is 2.47. The van der Waals surface area contributed by atoms with Gasteiger partial charge in [-0.2, -0.15) is 0 Å². The predicted octanol–water partition coefficient (Wildman–Crippen LogP) is 6.18. The molecule has 174 valence electrons. The molecule has 0 radical (unpaired) electrons. The molecule has 0 aliphatic rings. The van der Waals surface area contributed by atoms with Gasteiger partial charge in [0.1, 0.15) is 12.4 Å². The van der Waals surface area contributed by atoms with Crippen molar-refractivity contribution in [3.8, 4) is 0 Å². The summed E-state index contributed by atoms with van der Waals surface area (Å²) in [6.07, 6.45) is 0. The number of amides is 2. The van der Waals surface area contributed by atoms with Crippen LogP contribution in [0.5, 0.6) is 0 Å². The van der Waals surface area contributed by atoms with Gasteiger partial charge in [-0.25, -0.2) is 4.39 Å². The van der Waals surface area contributed by atoms with Crippen LogP contribution < -0.4 is 0 Å². The van der Waals surface area contributed by atoms with E-state index in [0.29, 0.717) is 30.2 Å². The maximum Gasteiger partial charge on any atom is 0.254 e. The van der Waals surface area contributed by atoms with E-state index in [1.54, 1.807) is 57.5 Å². The van der Waals surface area contributed by atoms with Crippen molar-refractivity contribution in [3.05, 3.63) is 92.4 Å². The molecule has 0 aliphatic heterocycles. The number of halogens is 2. The Labute approximate surface area is 203 Å². The highest BCUT2D eigenvalue weighted by atomic mass is 35.5. The highest BCUT2D eigenvalue weighted by Gasteiger charge is 2.24. The molecule has 1 aromatic heterocycles. The Morgan fingerprint density at radius 1 is 1.03 bits per heavy atom. The Bertz CT molecular complexity index is 1100. The molecular formula is C26H28ClFN2O2S. The molecule has 0 fully saturated rings. The van der Waals surface area contributed by atoms with Gasteiger partial charge in [0, 0.05) is 28.6 Å². The van der Waals surface area contributed by atoms with Gasteiger partial charge in [0.05, 0.1) is 6.54 Å². The first-order valence-corrected chi connectivity index (χ1v) is 12.1. The highest BCUT2D eigenvalue weighted by molar-refractivity contribution is 7.10. The van der Waals surface area contributed by atoms with Crippen LogP contribution in [0.2, 0.25) is 5.02 Å². The molecule has 0 atom stereocenters. The monoisotopic (exact) mass is 486 g/mol. The lowest BCUT2D eigenvalue weighted by molar-refractivity contribution is -0.133. The lowest BCUT2D eigenvalue weighted by Gasteiger charge is -2.29. The zero-order chi connectivity index (χ0) is 24.0. The van der Waals surface area contributed by atoms with E-state index in [0.717, 1.165) is 16.0 Å². The maximum absolute atomic E-state index is 13.5. The molecule has 3 aromatic rings. The van der Waals surface area contributed by atoms with E-state index in [9.17, 15) is 14.0 Å². The summed E-state index contributed by atoms with van der Waals surface area (Å²) >= 11 is 7.67. The van der Waals surface area contributed by atoms with Gasteiger partial charge in [-0.3, -0.25) is 9.59 Å². The molecule has 4 nitrogen and oxygen atoms in total. The van der Waals surface area contributed by atoms with Crippen LogP contribution in [-0.4, -0.2) is 34.7 Å². The molecule has 2 aromatic carbocycles. The van der Waals surface area contributed by atoms with Crippen LogP contribution in [0.1, 0.15) is 40.2 Å². The Kier molecular flexibility index (Phi) is 8.64. The number of benzene rings is 2. The minimum atomic E-state index is -0.319. The topological polar surface area (TPSA) is 40.6 Å². The standard InChI is InChI=1S/C26H28ClFN2O2S/c1-18(2)14-30(26(32)21-5-4-6-22(27)13-21)17-25(31)29(16-24-19(3)11-12-33-24)15-20-7-9-23(28)10-8-20/h4-13,18H,14-17H2,1-3H3. The summed E-state index contributed by atoms with van der Waals surface area (Å²) in [6.45, 7) is 7.19. The van der Waals surface area contributed by atoms with Crippen LogP contribution in [0.15, 0.2) is 60.0 Å². The van der Waals surface area contributed by atoms with E-state index < -0.39 is 0 Å². The second-order valence-electron chi connectivity index (χ2n) is 8.49. The summed E-state index contributed by atoms with van der Waals surface area (Å²) in [5.74, 6) is -0.524. The number of thiophene rings is 1. The van der Waals surface area contributed by atoms with Gasteiger partial charge in [0.25, 0.3) is 5.91 Å². The van der Waals surface area contributed by atoms with E-state index in [-0.39, 0.29) is 30.1 Å². The molecule has 0 N–H and O–H groups in total. The third-order valence-electron chi connectivity index (χ3n) is 5.21. The third-order valence-corrected chi connectivity index (χ3v) is 6.46. The molecule has 0 saturated carbocycles. The zero-order valence-corrected chi connectivity index (χ0v) is 20.6. The van der Waals surface area contributed by atoms with Crippen LogP contribution in [0.4, 0.5) is 4.39 Å². The molecule has 33 heavy (non-hydrogen) atoms. The van der Waals surface area contributed by atoms with Crippen LogP contribution in [0.25, 0.3) is 0 Å². The number of hydrogen-bond acceptors (Lipinski definition) is 3. The summed E-state index contributed by atoms with van der Waals surface area (Å²) in [4.78, 5) is 31.1. The number of carbonyl (C=O) groups excluding carboxylic acids is 2. The van der Waals surface area contributed by atoms with Crippen molar-refractivity contribution in [3.63, 3.8) is 0 Å². The fraction of sp³-hybridized carbons (Fsp3) is 0.308. The van der Waals surface area contributed by atoms with Crippen LogP contribution >= 0.6 is 22.9 Å². The molecule has 0 aliphatic carbocycles. The first-order valence-electron chi connectivity index (χ1n) is 10.8. The van der Waals surface area contributed by atoms with Crippen molar-refractivity contribution < 1.29 is 14.0 Å². The first kappa shape index (κ1) is 24.9. The van der Waals surface area contributed by atoms with E-state index in [1.807, 2.05) is 32.2 Å². The molecule has 0 unspecified atom stereocenters. The van der Waals surface area contributed by atoms with Gasteiger partial charge in [-0.05, 0) is 65.7 Å². The average Bonchev–Trinajstić information content (AvgIpc) is 3.17. The van der Waals surface area contributed by atoms with Crippen molar-refractivity contribution in [2.75, 3.05) is 13.1 Å². The Morgan fingerprint density at radius 3 is 2.36 bits per heavy atom. The highest BCUT2D eigenvalue weighted by Crippen LogP contribution is 2.20. The second-order valence-corrected chi connectivity index (χ2v) is 9.93. The first-order chi connectivity index (χ1) is 15.7. The lowest BCUT2D eigenvalue weighted by atomic mass is 10.1. The maximum atomic E-state index is 13.5. The fourth-order valence-corrected chi connectivity index (χ4v) is 4.62. The SMILES string of the molecule is Cc1ccsc1CN(Cc1ccc(F)cc1)C(=O)CN(CC(C)C)C(=O)c1cccc(Cl)c1. The molecule has 7 heteroatoms. The van der Waals surface area contributed by atoms with Crippen LogP contribution in [0, 0.1) is 18.7 Å². The molecule has 0 saturated heterocycles. The quantitative estimate of drug-likeness (QED) is 0.362. The normalized spacial score (nSPS) is 11.0. The molecule has 3 rings (SSSR count). The molecule has 0 spiro atoms. The second kappa shape index (κ2) is 11.4. The van der Waals surface area contributed by atoms with Crippen molar-refractivity contribution in [2.24, 2.45) is 5.92 Å². The van der Waals surface area contributed by atoms with Crippen LogP contribution in [-0.2, 0) is 17.9 Å². The number of nitrogens with zero attached hydrogens (tertiary/aromatic N) is 2. The summed E-state index contributed by atoms with van der Waals surface area (Å²) in [6, 6.07) is 14.9. The Hall–Kier alpha value is -2.70. The summed E-state index contributed by atoms with van der Waals surface area (Å²) < 4.78 is 13.4. The van der Waals surface area contributed by atoms with E-state index in [1.165, 1.54) is 12.1 Å². The molecule has 2 amide bonds. The van der Waals surface area contributed by atoms with E-state index in [2.05, 4.69) is 0 Å². The van der Waals surface area contributed by atoms with Gasteiger partial charge in [-0.1, -0.05) is 43.6 Å². The van der Waals surface area contributed by atoms with Crippen molar-refractivity contribution in [2.45, 2.75) is 33.9 Å². The number of rotatable bonds is 9. The van der Waals surface area contributed by atoms with Crippen molar-refractivity contribution >= 4 is 34.8 Å². The van der Waals surface area contributed by atoms with Crippen LogP contribution in [0.3, 0.4) is 0 Å². The third kappa shape index (κ3) is 7.14. The number of aryl methyl sites for hydroxylation is 1. The molecule has 1 heterocycles. The minimum absolute atomic E-state index is 0.0465. The number of carbonyl (C=O) groups is 2. The van der Waals surface area contributed by atoms with Crippen molar-refractivity contribution in [1.82, 2.24) is 9.80 Å². The largest absolute Gasteiger partial charge is 0.332 e. The number of hydrogen-bond donors (Lipinski definition) is 0. The Balaban J connectivity index is 1.84. The van der Waals surface area contributed by atoms with E-state index in [4.69, 9.17) is 11.6 Å². The summed E-state index contributed by atoms with van der Waals surface area (Å²) in [5.41, 5.74) is 2.40. The Morgan fingerprint density at radius 2 is 1.76 bits per heavy atom. The van der Waals surface area contributed by atoms with Crippen molar-refractivity contribution in [1.29, 1.82) is 0 Å². The van der Waals surface area contributed by atoms with Gasteiger partial charge in [-0.15, -0.1) is 11.3 Å². The average molecular weight is 487 g/mol. The van der Waals surface area contributed by atoms with Gasteiger partial charge < -0.3 is 9.80 Å². The fourth-order valence-electron chi connectivity index (χ4n) is 3.51. The molecule has 0 bridgehead atoms.